The van der Waals surface area contributed by atoms with Gasteiger partial charge in [0.15, 0.2) is 6.10 Å². The van der Waals surface area contributed by atoms with E-state index in [4.69, 9.17) is 4.74 Å². The SMILES string of the molecule is COC(=O)NCc1c2c(nc3cc(F)c(C)cc13)-c1cc3c(c(=O)n1C2)COC(=O)C3O. The van der Waals surface area contributed by atoms with E-state index in [0.717, 1.165) is 0 Å². The van der Waals surface area contributed by atoms with Gasteiger partial charge in [0, 0.05) is 29.1 Å². The van der Waals surface area contributed by atoms with Crippen molar-refractivity contribution >= 4 is 23.0 Å². The molecule has 9 nitrogen and oxygen atoms in total. The number of methoxy groups -OCH3 is 1. The highest BCUT2D eigenvalue weighted by Crippen LogP contribution is 2.38. The Morgan fingerprint density at radius 2 is 2.12 bits per heavy atom. The van der Waals surface area contributed by atoms with Crippen LogP contribution in [0.2, 0.25) is 0 Å². The van der Waals surface area contributed by atoms with Gasteiger partial charge in [0.25, 0.3) is 5.56 Å². The molecule has 0 radical (unpaired) electrons. The van der Waals surface area contributed by atoms with Crippen molar-refractivity contribution in [2.24, 2.45) is 0 Å². The molecule has 2 N–H and O–H groups in total. The molecule has 10 heteroatoms. The lowest BCUT2D eigenvalue weighted by molar-refractivity contribution is -0.157. The highest BCUT2D eigenvalue weighted by atomic mass is 19.1. The number of ether oxygens (including phenoxy) is 2. The first-order valence-corrected chi connectivity index (χ1v) is 9.85. The van der Waals surface area contributed by atoms with Gasteiger partial charge in [-0.05, 0) is 30.2 Å². The molecule has 0 saturated carbocycles. The van der Waals surface area contributed by atoms with Gasteiger partial charge in [-0.1, -0.05) is 0 Å². The maximum Gasteiger partial charge on any atom is 0.407 e. The summed E-state index contributed by atoms with van der Waals surface area (Å²) in [6, 6.07) is 4.51. The van der Waals surface area contributed by atoms with Gasteiger partial charge in [-0.3, -0.25) is 4.79 Å². The van der Waals surface area contributed by atoms with Crippen molar-refractivity contribution in [1.82, 2.24) is 14.9 Å². The lowest BCUT2D eigenvalue weighted by atomic mass is 9.97. The topological polar surface area (TPSA) is 120 Å². The molecule has 2 aliphatic heterocycles. The Balaban J connectivity index is 1.76. The Hall–Kier alpha value is -3.79. The number of halogens is 1. The summed E-state index contributed by atoms with van der Waals surface area (Å²) in [5.41, 5.74) is 2.93. The molecule has 4 heterocycles. The third-order valence-electron chi connectivity index (χ3n) is 5.95. The third-order valence-corrected chi connectivity index (χ3v) is 5.95. The number of cyclic esters (lactones) is 1. The van der Waals surface area contributed by atoms with Crippen LogP contribution in [0.5, 0.6) is 0 Å². The van der Waals surface area contributed by atoms with Crippen LogP contribution in [-0.2, 0) is 34.0 Å². The molecule has 0 aliphatic carbocycles. The van der Waals surface area contributed by atoms with Crippen LogP contribution in [0.25, 0.3) is 22.3 Å². The highest BCUT2D eigenvalue weighted by Gasteiger charge is 2.34. The number of fused-ring (bicyclic) bond motifs is 5. The molecular weight excluding hydrogens is 421 g/mol. The number of carbonyl (C=O) groups excluding carboxylic acids is 2. The van der Waals surface area contributed by atoms with Crippen LogP contribution in [-0.4, -0.2) is 33.8 Å². The van der Waals surface area contributed by atoms with Crippen LogP contribution in [0, 0.1) is 12.7 Å². The summed E-state index contributed by atoms with van der Waals surface area (Å²) in [6.45, 7) is 1.65. The number of benzene rings is 1. The molecule has 164 valence electrons. The van der Waals surface area contributed by atoms with E-state index >= 15 is 0 Å². The van der Waals surface area contributed by atoms with Gasteiger partial charge in [0.2, 0.25) is 0 Å². The zero-order valence-electron chi connectivity index (χ0n) is 17.2. The van der Waals surface area contributed by atoms with Crippen LogP contribution in [0.15, 0.2) is 23.0 Å². The molecule has 1 aromatic carbocycles. The molecule has 32 heavy (non-hydrogen) atoms. The van der Waals surface area contributed by atoms with Gasteiger partial charge in [-0.2, -0.15) is 0 Å². The first kappa shape index (κ1) is 20.1. The summed E-state index contributed by atoms with van der Waals surface area (Å²) < 4.78 is 25.4. The molecule has 0 bridgehead atoms. The smallest absolute Gasteiger partial charge is 0.407 e. The van der Waals surface area contributed by atoms with Crippen molar-refractivity contribution in [2.45, 2.75) is 32.7 Å². The van der Waals surface area contributed by atoms with Crippen LogP contribution in [0.4, 0.5) is 9.18 Å². The molecule has 1 atom stereocenters. The van der Waals surface area contributed by atoms with E-state index in [1.165, 1.54) is 17.7 Å². The Morgan fingerprint density at radius 1 is 1.34 bits per heavy atom. The molecule has 5 rings (SSSR count). The molecule has 2 aliphatic rings. The van der Waals surface area contributed by atoms with Gasteiger partial charge in [0.1, 0.15) is 12.4 Å². The third kappa shape index (κ3) is 2.87. The average molecular weight is 439 g/mol. The van der Waals surface area contributed by atoms with Gasteiger partial charge < -0.3 is 24.5 Å². The number of amides is 1. The Morgan fingerprint density at radius 3 is 2.88 bits per heavy atom. The number of hydrogen-bond donors (Lipinski definition) is 2. The lowest BCUT2D eigenvalue weighted by Gasteiger charge is -2.21. The number of esters is 1. The fourth-order valence-corrected chi connectivity index (χ4v) is 4.27. The number of pyridine rings is 2. The largest absolute Gasteiger partial charge is 0.458 e. The number of aromatic nitrogens is 2. The number of hydrogen-bond acceptors (Lipinski definition) is 7. The number of aliphatic hydroxyl groups is 1. The van der Waals surface area contributed by atoms with E-state index in [2.05, 4.69) is 15.0 Å². The van der Waals surface area contributed by atoms with Gasteiger partial charge in [0.05, 0.1) is 36.1 Å². The van der Waals surface area contributed by atoms with Crippen LogP contribution >= 0.6 is 0 Å². The summed E-state index contributed by atoms with van der Waals surface area (Å²) >= 11 is 0. The minimum Gasteiger partial charge on any atom is -0.458 e. The van der Waals surface area contributed by atoms with Crippen LogP contribution in [0.3, 0.4) is 0 Å². The van der Waals surface area contributed by atoms with E-state index in [-0.39, 0.29) is 30.8 Å². The second-order valence-electron chi connectivity index (χ2n) is 7.75. The fourth-order valence-electron chi connectivity index (χ4n) is 4.27. The van der Waals surface area contributed by atoms with Crippen molar-refractivity contribution in [2.75, 3.05) is 7.11 Å². The van der Waals surface area contributed by atoms with Crippen molar-refractivity contribution in [3.05, 3.63) is 62.2 Å². The summed E-state index contributed by atoms with van der Waals surface area (Å²) in [6.07, 6.45) is -2.20. The number of aryl methyl sites for hydroxylation is 1. The lowest BCUT2D eigenvalue weighted by Crippen LogP contribution is -2.32. The Labute approximate surface area is 180 Å². The number of aliphatic hydroxyl groups excluding tert-OH is 1. The average Bonchev–Trinajstić information content (AvgIpc) is 3.14. The Kier molecular flexibility index (Phi) is 4.48. The number of carbonyl (C=O) groups is 2. The number of alkyl carbamates (subject to hydrolysis) is 1. The van der Waals surface area contributed by atoms with Crippen molar-refractivity contribution in [1.29, 1.82) is 0 Å². The predicted octanol–water partition coefficient (Wildman–Crippen LogP) is 1.82. The van der Waals surface area contributed by atoms with E-state index in [1.807, 2.05) is 0 Å². The number of nitrogens with one attached hydrogen (secondary N) is 1. The maximum atomic E-state index is 14.3. The molecule has 1 amide bonds. The maximum absolute atomic E-state index is 14.3. The first-order valence-electron chi connectivity index (χ1n) is 9.85. The predicted molar refractivity (Wildman–Crippen MR) is 109 cm³/mol. The van der Waals surface area contributed by atoms with Gasteiger partial charge >= 0.3 is 12.1 Å². The zero-order valence-corrected chi connectivity index (χ0v) is 17.2. The summed E-state index contributed by atoms with van der Waals surface area (Å²) in [7, 11) is 1.25. The van der Waals surface area contributed by atoms with E-state index in [0.29, 0.717) is 39.0 Å². The van der Waals surface area contributed by atoms with Crippen molar-refractivity contribution in [3.8, 4) is 11.4 Å². The number of nitrogens with zero attached hydrogens (tertiary/aromatic N) is 2. The summed E-state index contributed by atoms with van der Waals surface area (Å²) in [5.74, 6) is -1.26. The molecule has 0 spiro atoms. The molecule has 0 saturated heterocycles. The minimum absolute atomic E-state index is 0.0752. The summed E-state index contributed by atoms with van der Waals surface area (Å²) in [4.78, 5) is 41.3. The van der Waals surface area contributed by atoms with E-state index < -0.39 is 29.5 Å². The van der Waals surface area contributed by atoms with Crippen LogP contribution < -0.4 is 10.9 Å². The van der Waals surface area contributed by atoms with Crippen molar-refractivity contribution in [3.63, 3.8) is 0 Å². The second-order valence-corrected chi connectivity index (χ2v) is 7.75. The Bertz CT molecular complexity index is 1400. The fraction of sp³-hybridized carbons (Fsp3) is 0.273. The van der Waals surface area contributed by atoms with Gasteiger partial charge in [-0.25, -0.2) is 19.0 Å². The summed E-state index contributed by atoms with van der Waals surface area (Å²) in [5, 5.41) is 13.5. The van der Waals surface area contributed by atoms with E-state index in [1.54, 1.807) is 19.1 Å². The molecule has 0 fully saturated rings. The zero-order chi connectivity index (χ0) is 22.7. The van der Waals surface area contributed by atoms with Crippen molar-refractivity contribution < 1.29 is 28.6 Å². The second kappa shape index (κ2) is 7.13. The first-order chi connectivity index (χ1) is 15.3. The van der Waals surface area contributed by atoms with Crippen LogP contribution in [0.1, 0.15) is 33.9 Å². The quantitative estimate of drug-likeness (QED) is 0.457. The monoisotopic (exact) mass is 439 g/mol. The normalized spacial score (nSPS) is 16.2. The molecular formula is C22H18FN3O6. The van der Waals surface area contributed by atoms with Gasteiger partial charge in [-0.15, -0.1) is 0 Å². The molecule has 1 unspecified atom stereocenters. The van der Waals surface area contributed by atoms with E-state index in [9.17, 15) is 23.9 Å². The molecule has 3 aromatic rings. The minimum atomic E-state index is -1.57. The molecule has 2 aromatic heterocycles. The number of rotatable bonds is 2. The highest BCUT2D eigenvalue weighted by molar-refractivity contribution is 5.89. The standard InChI is InChI=1S/C22H18FN3O6/c1-9-3-10-12(6-24-22(30)31-2)13-7-26-17(18(13)25-16(10)5-15(9)23)4-11-14(20(26)28)8-32-21(29)19(11)27/h3-5,19,27H,6-8H2,1-2H3,(H,24,30).